The third-order valence-electron chi connectivity index (χ3n) is 4.31. The molecule has 0 saturated carbocycles. The van der Waals surface area contributed by atoms with E-state index < -0.39 is 41.8 Å². The van der Waals surface area contributed by atoms with Gasteiger partial charge < -0.3 is 10.6 Å². The van der Waals surface area contributed by atoms with Gasteiger partial charge in [-0.1, -0.05) is 31.9 Å². The molecule has 8 nitrogen and oxygen atoms in total. The number of carbonyl (C=O) groups is 4. The first-order valence-electron chi connectivity index (χ1n) is 8.82. The highest BCUT2D eigenvalue weighted by molar-refractivity contribution is 6.10. The van der Waals surface area contributed by atoms with Gasteiger partial charge in [-0.25, -0.2) is 14.0 Å². The maximum Gasteiger partial charge on any atom is 0.325 e. The normalized spacial score (nSPS) is 19.0. The van der Waals surface area contributed by atoms with E-state index in [4.69, 9.17) is 0 Å². The summed E-state index contributed by atoms with van der Waals surface area (Å²) >= 11 is 0. The van der Waals surface area contributed by atoms with Crippen LogP contribution >= 0.6 is 0 Å². The Kier molecular flexibility index (Phi) is 6.49. The molecule has 0 bridgehead atoms. The zero-order valence-corrected chi connectivity index (χ0v) is 15.3. The van der Waals surface area contributed by atoms with E-state index in [0.717, 1.165) is 11.3 Å². The molecule has 146 valence electrons. The molecule has 0 aliphatic carbocycles. The monoisotopic (exact) mass is 378 g/mol. The van der Waals surface area contributed by atoms with Crippen LogP contribution in [0, 0.1) is 5.82 Å². The van der Waals surface area contributed by atoms with Crippen LogP contribution in [0.3, 0.4) is 0 Å². The molecule has 0 radical (unpaired) electrons. The Balaban J connectivity index is 2.24. The molecule has 2 rings (SSSR count). The molecule has 1 atom stereocenters. The van der Waals surface area contributed by atoms with Crippen molar-refractivity contribution in [3.05, 3.63) is 35.6 Å². The topological polar surface area (TPSA) is 108 Å². The van der Waals surface area contributed by atoms with Gasteiger partial charge >= 0.3 is 12.1 Å². The number of urea groups is 2. The number of imide groups is 2. The van der Waals surface area contributed by atoms with Crippen LogP contribution in [0.25, 0.3) is 0 Å². The maximum absolute atomic E-state index is 13.3. The van der Waals surface area contributed by atoms with Crippen molar-refractivity contribution in [2.24, 2.45) is 0 Å². The number of nitrogens with zero attached hydrogens (tertiary/aromatic N) is 1. The smallest absolute Gasteiger partial charge is 0.325 e. The molecular formula is C18H23FN4O4. The van der Waals surface area contributed by atoms with E-state index in [1.807, 2.05) is 6.92 Å². The molecule has 1 aliphatic rings. The number of amides is 6. The van der Waals surface area contributed by atoms with Crippen molar-refractivity contribution in [3.8, 4) is 0 Å². The van der Waals surface area contributed by atoms with Gasteiger partial charge in [0.1, 0.15) is 17.9 Å². The number of halogens is 1. The predicted molar refractivity (Wildman–Crippen MR) is 95.1 cm³/mol. The molecule has 3 N–H and O–H groups in total. The lowest BCUT2D eigenvalue weighted by atomic mass is 9.85. The summed E-state index contributed by atoms with van der Waals surface area (Å²) in [6, 6.07) is 3.89. The van der Waals surface area contributed by atoms with Crippen molar-refractivity contribution >= 4 is 23.9 Å². The second-order valence-corrected chi connectivity index (χ2v) is 6.24. The highest BCUT2D eigenvalue weighted by Crippen LogP contribution is 2.34. The minimum Gasteiger partial charge on any atom is -0.338 e. The Hall–Kier alpha value is -2.97. The summed E-state index contributed by atoms with van der Waals surface area (Å²) in [7, 11) is 0. The van der Waals surface area contributed by atoms with Gasteiger partial charge in [0, 0.05) is 6.54 Å². The number of rotatable bonds is 7. The number of unbranched alkanes of at least 4 members (excludes halogenated alkanes) is 1. The van der Waals surface area contributed by atoms with Gasteiger partial charge in [0.25, 0.3) is 5.91 Å². The summed E-state index contributed by atoms with van der Waals surface area (Å²) in [6.07, 6.45) is 1.74. The van der Waals surface area contributed by atoms with E-state index in [0.29, 0.717) is 24.9 Å². The SMILES string of the molecule is CCCC[C@@]1(c2ccc(F)cc2)NC(=O)N(CC(=O)NC(=O)NCC)C1=O. The zero-order chi connectivity index (χ0) is 20.0. The number of carbonyl (C=O) groups excluding carboxylic acids is 4. The Morgan fingerprint density at radius 3 is 2.44 bits per heavy atom. The van der Waals surface area contributed by atoms with Gasteiger partial charge in [-0.05, 0) is 31.0 Å². The summed E-state index contributed by atoms with van der Waals surface area (Å²) in [5, 5.41) is 7.10. The van der Waals surface area contributed by atoms with E-state index in [2.05, 4.69) is 16.0 Å². The van der Waals surface area contributed by atoms with Crippen molar-refractivity contribution in [3.63, 3.8) is 0 Å². The van der Waals surface area contributed by atoms with Gasteiger partial charge in [-0.2, -0.15) is 0 Å². The van der Waals surface area contributed by atoms with E-state index in [1.54, 1.807) is 6.92 Å². The molecule has 0 unspecified atom stereocenters. The summed E-state index contributed by atoms with van der Waals surface area (Å²) in [6.45, 7) is 3.37. The predicted octanol–water partition coefficient (Wildman–Crippen LogP) is 1.61. The molecule has 0 spiro atoms. The fraction of sp³-hybridized carbons (Fsp3) is 0.444. The van der Waals surface area contributed by atoms with Gasteiger partial charge in [0.15, 0.2) is 0 Å². The minimum absolute atomic E-state index is 0.314. The molecule has 6 amide bonds. The highest BCUT2D eigenvalue weighted by atomic mass is 19.1. The molecule has 1 aliphatic heterocycles. The molecular weight excluding hydrogens is 355 g/mol. The van der Waals surface area contributed by atoms with Gasteiger partial charge in [-0.3, -0.25) is 19.8 Å². The lowest BCUT2D eigenvalue weighted by molar-refractivity contribution is -0.135. The lowest BCUT2D eigenvalue weighted by Gasteiger charge is -2.27. The standard InChI is InChI=1S/C18H23FN4O4/c1-3-5-10-18(12-6-8-13(19)9-7-12)15(25)23(17(27)22-18)11-14(24)21-16(26)20-4-2/h6-9H,3-5,10-11H2,1-2H3,(H,22,27)(H2,20,21,24,26)/t18-/m0/s1. The Morgan fingerprint density at radius 1 is 1.19 bits per heavy atom. The number of hydrogen-bond acceptors (Lipinski definition) is 4. The Bertz CT molecular complexity index is 737. The quantitative estimate of drug-likeness (QED) is 0.627. The van der Waals surface area contributed by atoms with E-state index >= 15 is 0 Å². The summed E-state index contributed by atoms with van der Waals surface area (Å²) in [4.78, 5) is 49.6. The second kappa shape index (κ2) is 8.61. The van der Waals surface area contributed by atoms with Gasteiger partial charge in [-0.15, -0.1) is 0 Å². The largest absolute Gasteiger partial charge is 0.338 e. The minimum atomic E-state index is -1.35. The lowest BCUT2D eigenvalue weighted by Crippen LogP contribution is -2.47. The highest BCUT2D eigenvalue weighted by Gasteiger charge is 2.52. The zero-order valence-electron chi connectivity index (χ0n) is 15.3. The van der Waals surface area contributed by atoms with E-state index in [-0.39, 0.29) is 0 Å². The molecule has 1 aromatic carbocycles. The summed E-state index contributed by atoms with van der Waals surface area (Å²) in [5.74, 6) is -1.84. The van der Waals surface area contributed by atoms with Gasteiger partial charge in [0.2, 0.25) is 5.91 Å². The average molecular weight is 378 g/mol. The Morgan fingerprint density at radius 2 is 1.85 bits per heavy atom. The van der Waals surface area contributed by atoms with Crippen LogP contribution in [0.1, 0.15) is 38.7 Å². The number of benzene rings is 1. The maximum atomic E-state index is 13.3. The van der Waals surface area contributed by atoms with Gasteiger partial charge in [0.05, 0.1) is 0 Å². The number of hydrogen-bond donors (Lipinski definition) is 3. The van der Waals surface area contributed by atoms with Crippen molar-refractivity contribution in [2.75, 3.05) is 13.1 Å². The molecule has 1 saturated heterocycles. The van der Waals surface area contributed by atoms with Crippen LogP contribution in [0.2, 0.25) is 0 Å². The third kappa shape index (κ3) is 4.42. The van der Waals surface area contributed by atoms with Crippen molar-refractivity contribution in [1.82, 2.24) is 20.9 Å². The van der Waals surface area contributed by atoms with Crippen LogP contribution in [-0.2, 0) is 15.1 Å². The van der Waals surface area contributed by atoms with E-state index in [9.17, 15) is 23.6 Å². The molecule has 27 heavy (non-hydrogen) atoms. The fourth-order valence-corrected chi connectivity index (χ4v) is 2.97. The molecule has 1 aromatic rings. The van der Waals surface area contributed by atoms with Crippen LogP contribution in [0.15, 0.2) is 24.3 Å². The van der Waals surface area contributed by atoms with Crippen LogP contribution in [-0.4, -0.2) is 41.9 Å². The first-order chi connectivity index (χ1) is 12.8. The molecule has 9 heteroatoms. The molecule has 1 fully saturated rings. The Labute approximate surface area is 156 Å². The molecule has 1 heterocycles. The second-order valence-electron chi connectivity index (χ2n) is 6.24. The van der Waals surface area contributed by atoms with Crippen molar-refractivity contribution in [2.45, 2.75) is 38.6 Å². The van der Waals surface area contributed by atoms with Crippen LogP contribution < -0.4 is 16.0 Å². The van der Waals surface area contributed by atoms with Crippen LogP contribution in [0.5, 0.6) is 0 Å². The summed E-state index contributed by atoms with van der Waals surface area (Å²) < 4.78 is 13.3. The first-order valence-corrected chi connectivity index (χ1v) is 8.82. The fourth-order valence-electron chi connectivity index (χ4n) is 2.97. The van der Waals surface area contributed by atoms with E-state index in [1.165, 1.54) is 24.3 Å². The average Bonchev–Trinajstić information content (AvgIpc) is 2.86. The van der Waals surface area contributed by atoms with Crippen LogP contribution in [0.4, 0.5) is 14.0 Å². The molecule has 0 aromatic heterocycles. The number of nitrogens with one attached hydrogen (secondary N) is 3. The summed E-state index contributed by atoms with van der Waals surface area (Å²) in [5.41, 5.74) is -0.908. The van der Waals surface area contributed by atoms with Crippen molar-refractivity contribution < 1.29 is 23.6 Å². The first kappa shape index (κ1) is 20.3. The third-order valence-corrected chi connectivity index (χ3v) is 4.31. The van der Waals surface area contributed by atoms with Crippen molar-refractivity contribution in [1.29, 1.82) is 0 Å².